The Bertz CT molecular complexity index is 487. The van der Waals surface area contributed by atoms with Crippen LogP contribution in [0.3, 0.4) is 0 Å². The Kier molecular flexibility index (Phi) is 3.79. The van der Waals surface area contributed by atoms with Gasteiger partial charge in [-0.15, -0.1) is 0 Å². The Morgan fingerprint density at radius 2 is 2.06 bits per heavy atom. The van der Waals surface area contributed by atoms with Crippen LogP contribution in [0.25, 0.3) is 11.0 Å². The third-order valence-electron chi connectivity index (χ3n) is 3.18. The minimum atomic E-state index is 0.922. The Balaban J connectivity index is 2.16. The molecule has 0 saturated heterocycles. The summed E-state index contributed by atoms with van der Waals surface area (Å²) in [4.78, 5) is 7.02. The van der Waals surface area contributed by atoms with E-state index < -0.39 is 0 Å². The van der Waals surface area contributed by atoms with Crippen molar-refractivity contribution in [2.24, 2.45) is 7.05 Å². The average molecular weight is 231 g/mol. The second-order valence-electron chi connectivity index (χ2n) is 4.67. The number of nitrogens with zero attached hydrogens (tertiary/aromatic N) is 3. The topological polar surface area (TPSA) is 21.1 Å². The van der Waals surface area contributed by atoms with Gasteiger partial charge in [0.2, 0.25) is 0 Å². The SMILES string of the molecule is CCCCN(C)Cc1nc2ccccc2n1C. The third-order valence-corrected chi connectivity index (χ3v) is 3.18. The molecule has 0 radical (unpaired) electrons. The summed E-state index contributed by atoms with van der Waals surface area (Å²) in [5.74, 6) is 1.14. The van der Waals surface area contributed by atoms with Gasteiger partial charge in [0.05, 0.1) is 17.6 Å². The number of fused-ring (bicyclic) bond motifs is 1. The Labute approximate surface area is 103 Å². The number of rotatable bonds is 5. The lowest BCUT2D eigenvalue weighted by molar-refractivity contribution is 0.310. The van der Waals surface area contributed by atoms with E-state index >= 15 is 0 Å². The fraction of sp³-hybridized carbons (Fsp3) is 0.500. The minimum absolute atomic E-state index is 0.922. The maximum Gasteiger partial charge on any atom is 0.123 e. The molecule has 0 spiro atoms. The van der Waals surface area contributed by atoms with E-state index in [1.54, 1.807) is 0 Å². The molecule has 0 atom stereocenters. The maximum atomic E-state index is 4.68. The van der Waals surface area contributed by atoms with E-state index in [1.165, 1.54) is 18.4 Å². The molecule has 2 aromatic rings. The number of aryl methyl sites for hydroxylation is 1. The molecule has 17 heavy (non-hydrogen) atoms. The molecule has 2 rings (SSSR count). The average Bonchev–Trinajstić information content (AvgIpc) is 2.64. The lowest BCUT2D eigenvalue weighted by atomic mass is 10.3. The van der Waals surface area contributed by atoms with E-state index in [2.05, 4.69) is 53.7 Å². The molecule has 0 fully saturated rings. The van der Waals surface area contributed by atoms with Gasteiger partial charge in [-0.2, -0.15) is 0 Å². The standard InChI is InChI=1S/C14H21N3/c1-4-5-10-16(2)11-14-15-12-8-6-7-9-13(12)17(14)3/h6-9H,4-5,10-11H2,1-3H3. The van der Waals surface area contributed by atoms with Gasteiger partial charge in [-0.25, -0.2) is 4.98 Å². The number of unbranched alkanes of at least 4 members (excludes halogenated alkanes) is 1. The highest BCUT2D eigenvalue weighted by Gasteiger charge is 2.08. The van der Waals surface area contributed by atoms with Gasteiger partial charge in [0.15, 0.2) is 0 Å². The lowest BCUT2D eigenvalue weighted by Crippen LogP contribution is -2.21. The Morgan fingerprint density at radius 1 is 1.29 bits per heavy atom. The molecule has 3 heteroatoms. The predicted octanol–water partition coefficient (Wildman–Crippen LogP) is 2.81. The van der Waals surface area contributed by atoms with Gasteiger partial charge in [0.25, 0.3) is 0 Å². The highest BCUT2D eigenvalue weighted by atomic mass is 15.2. The highest BCUT2D eigenvalue weighted by Crippen LogP contribution is 2.15. The van der Waals surface area contributed by atoms with Crippen molar-refractivity contribution in [1.29, 1.82) is 0 Å². The number of hydrogen-bond acceptors (Lipinski definition) is 2. The van der Waals surface area contributed by atoms with E-state index in [0.717, 1.165) is 24.4 Å². The monoisotopic (exact) mass is 231 g/mol. The van der Waals surface area contributed by atoms with Crippen LogP contribution >= 0.6 is 0 Å². The molecule has 1 heterocycles. The molecule has 0 N–H and O–H groups in total. The first-order valence-electron chi connectivity index (χ1n) is 6.31. The first-order chi connectivity index (χ1) is 8.22. The van der Waals surface area contributed by atoms with Crippen LogP contribution in [-0.4, -0.2) is 28.0 Å². The van der Waals surface area contributed by atoms with Crippen LogP contribution in [0.5, 0.6) is 0 Å². The molecule has 92 valence electrons. The van der Waals surface area contributed by atoms with Crippen LogP contribution in [0.2, 0.25) is 0 Å². The van der Waals surface area contributed by atoms with Crippen molar-refractivity contribution in [3.63, 3.8) is 0 Å². The number of para-hydroxylation sites is 2. The molecule has 1 aromatic carbocycles. The first-order valence-corrected chi connectivity index (χ1v) is 6.31. The molecular weight excluding hydrogens is 210 g/mol. The summed E-state index contributed by atoms with van der Waals surface area (Å²) in [6, 6.07) is 8.30. The molecule has 0 bridgehead atoms. The number of hydrogen-bond donors (Lipinski definition) is 0. The molecule has 0 unspecified atom stereocenters. The van der Waals surface area contributed by atoms with Gasteiger partial charge in [-0.3, -0.25) is 4.90 Å². The van der Waals surface area contributed by atoms with Gasteiger partial charge >= 0.3 is 0 Å². The van der Waals surface area contributed by atoms with Crippen molar-refractivity contribution in [3.05, 3.63) is 30.1 Å². The predicted molar refractivity (Wildman–Crippen MR) is 72.0 cm³/mol. The van der Waals surface area contributed by atoms with Gasteiger partial charge in [0.1, 0.15) is 5.82 Å². The Morgan fingerprint density at radius 3 is 2.76 bits per heavy atom. The van der Waals surface area contributed by atoms with Crippen molar-refractivity contribution >= 4 is 11.0 Å². The molecule has 0 amide bonds. The van der Waals surface area contributed by atoms with Crippen LogP contribution in [0.1, 0.15) is 25.6 Å². The minimum Gasteiger partial charge on any atom is -0.330 e. The van der Waals surface area contributed by atoms with E-state index in [9.17, 15) is 0 Å². The second-order valence-corrected chi connectivity index (χ2v) is 4.67. The summed E-state index contributed by atoms with van der Waals surface area (Å²) in [5.41, 5.74) is 2.31. The molecule has 0 aliphatic rings. The molecule has 1 aromatic heterocycles. The van der Waals surface area contributed by atoms with Crippen molar-refractivity contribution in [1.82, 2.24) is 14.5 Å². The van der Waals surface area contributed by atoms with E-state index in [-0.39, 0.29) is 0 Å². The van der Waals surface area contributed by atoms with Gasteiger partial charge in [-0.05, 0) is 32.1 Å². The summed E-state index contributed by atoms with van der Waals surface area (Å²) >= 11 is 0. The van der Waals surface area contributed by atoms with E-state index in [1.807, 2.05) is 6.07 Å². The third kappa shape index (κ3) is 2.67. The first kappa shape index (κ1) is 12.1. The Hall–Kier alpha value is -1.35. The normalized spacial score (nSPS) is 11.5. The fourth-order valence-corrected chi connectivity index (χ4v) is 2.09. The van der Waals surface area contributed by atoms with E-state index in [0.29, 0.717) is 0 Å². The van der Waals surface area contributed by atoms with Crippen molar-refractivity contribution in [2.45, 2.75) is 26.3 Å². The van der Waals surface area contributed by atoms with Gasteiger partial charge < -0.3 is 4.57 Å². The second kappa shape index (κ2) is 5.32. The van der Waals surface area contributed by atoms with Crippen LogP contribution in [0.15, 0.2) is 24.3 Å². The zero-order valence-electron chi connectivity index (χ0n) is 11.0. The summed E-state index contributed by atoms with van der Waals surface area (Å²) in [5, 5.41) is 0. The lowest BCUT2D eigenvalue weighted by Gasteiger charge is -2.15. The van der Waals surface area contributed by atoms with E-state index in [4.69, 9.17) is 0 Å². The fourth-order valence-electron chi connectivity index (χ4n) is 2.09. The quantitative estimate of drug-likeness (QED) is 0.789. The maximum absolute atomic E-state index is 4.68. The molecule has 0 aliphatic heterocycles. The molecular formula is C14H21N3. The molecule has 0 aliphatic carbocycles. The zero-order valence-corrected chi connectivity index (χ0v) is 11.0. The van der Waals surface area contributed by atoms with Crippen molar-refractivity contribution in [3.8, 4) is 0 Å². The number of aromatic nitrogens is 2. The van der Waals surface area contributed by atoms with Crippen LogP contribution < -0.4 is 0 Å². The number of benzene rings is 1. The van der Waals surface area contributed by atoms with Crippen LogP contribution in [0.4, 0.5) is 0 Å². The summed E-state index contributed by atoms with van der Waals surface area (Å²) in [7, 11) is 4.26. The van der Waals surface area contributed by atoms with Gasteiger partial charge in [0, 0.05) is 7.05 Å². The van der Waals surface area contributed by atoms with Crippen molar-refractivity contribution in [2.75, 3.05) is 13.6 Å². The van der Waals surface area contributed by atoms with Crippen LogP contribution in [-0.2, 0) is 13.6 Å². The molecule has 0 saturated carbocycles. The largest absolute Gasteiger partial charge is 0.330 e. The van der Waals surface area contributed by atoms with Gasteiger partial charge in [-0.1, -0.05) is 25.5 Å². The summed E-state index contributed by atoms with van der Waals surface area (Å²) in [6.07, 6.45) is 2.49. The number of imidazole rings is 1. The van der Waals surface area contributed by atoms with Crippen LogP contribution in [0, 0.1) is 0 Å². The summed E-state index contributed by atoms with van der Waals surface area (Å²) < 4.78 is 2.19. The molecule has 3 nitrogen and oxygen atoms in total. The highest BCUT2D eigenvalue weighted by molar-refractivity contribution is 5.75. The summed E-state index contributed by atoms with van der Waals surface area (Å²) in [6.45, 7) is 4.29. The zero-order chi connectivity index (χ0) is 12.3. The van der Waals surface area contributed by atoms with Crippen molar-refractivity contribution < 1.29 is 0 Å². The smallest absolute Gasteiger partial charge is 0.123 e.